The fraction of sp³-hybridized carbons (Fsp3) is 0.522. The molecule has 2 N–H and O–H groups in total. The molecule has 0 bridgehead atoms. The Morgan fingerprint density at radius 3 is 1.90 bits per heavy atom. The summed E-state index contributed by atoms with van der Waals surface area (Å²) in [4.78, 5) is 38.9. The number of likely N-dealkylation sites (N-methyl/N-ethyl adjacent to an activating group) is 1. The number of carboxylic acids is 2. The third kappa shape index (κ3) is 8.40. The van der Waals surface area contributed by atoms with Crippen LogP contribution in [-0.4, -0.2) is 90.7 Å². The SMILES string of the molecule is CN1C(=O)CC(c2cnn(C)c2)C12CCN(Cc1ccncc1)CC2.O=C(O)C(F)(F)F.O=C(O)C(F)(F)F. The van der Waals surface area contributed by atoms with Gasteiger partial charge in [-0.25, -0.2) is 9.59 Å². The number of carbonyl (C=O) groups is 3. The summed E-state index contributed by atoms with van der Waals surface area (Å²) in [5, 5.41) is 18.6. The number of likely N-dealkylation sites (tertiary alicyclic amines) is 2. The molecule has 2 aliphatic heterocycles. The highest BCUT2D eigenvalue weighted by atomic mass is 19.4. The van der Waals surface area contributed by atoms with E-state index in [4.69, 9.17) is 19.8 Å². The van der Waals surface area contributed by atoms with Crippen LogP contribution in [0.15, 0.2) is 36.9 Å². The number of carboxylic acid groups (broad SMARTS) is 2. The second-order valence-corrected chi connectivity index (χ2v) is 9.00. The Morgan fingerprint density at radius 2 is 1.49 bits per heavy atom. The van der Waals surface area contributed by atoms with Gasteiger partial charge in [0.15, 0.2) is 0 Å². The molecule has 0 saturated carbocycles. The molecule has 1 spiro atoms. The van der Waals surface area contributed by atoms with E-state index < -0.39 is 24.3 Å². The van der Waals surface area contributed by atoms with E-state index in [1.54, 1.807) is 0 Å². The van der Waals surface area contributed by atoms with Gasteiger partial charge in [0.1, 0.15) is 0 Å². The molecule has 0 aliphatic carbocycles. The number of amides is 1. The maximum absolute atomic E-state index is 12.5. The number of piperidine rings is 1. The lowest BCUT2D eigenvalue weighted by Gasteiger charge is -2.46. The first kappa shape index (κ1) is 31.5. The fourth-order valence-electron chi connectivity index (χ4n) is 4.56. The highest BCUT2D eigenvalue weighted by molar-refractivity contribution is 5.81. The zero-order chi connectivity index (χ0) is 29.6. The van der Waals surface area contributed by atoms with Gasteiger partial charge in [0.2, 0.25) is 5.91 Å². The van der Waals surface area contributed by atoms with Gasteiger partial charge in [-0.3, -0.25) is 19.4 Å². The van der Waals surface area contributed by atoms with Crippen molar-refractivity contribution in [3.8, 4) is 0 Å². The predicted octanol–water partition coefficient (Wildman–Crippen LogP) is 3.06. The van der Waals surface area contributed by atoms with Gasteiger partial charge < -0.3 is 15.1 Å². The molecule has 2 fully saturated rings. The molecule has 1 unspecified atom stereocenters. The average Bonchev–Trinajstić information content (AvgIpc) is 3.37. The van der Waals surface area contributed by atoms with Crippen molar-refractivity contribution in [3.05, 3.63) is 48.0 Å². The van der Waals surface area contributed by atoms with E-state index in [0.717, 1.165) is 32.5 Å². The number of aryl methyl sites for hydroxylation is 1. The number of aliphatic carboxylic acids is 2. The first-order valence-electron chi connectivity index (χ1n) is 11.4. The van der Waals surface area contributed by atoms with Crippen LogP contribution in [0.5, 0.6) is 0 Å². The molecule has 16 heteroatoms. The summed E-state index contributed by atoms with van der Waals surface area (Å²) < 4.78 is 65.3. The quantitative estimate of drug-likeness (QED) is 0.542. The van der Waals surface area contributed by atoms with Crippen LogP contribution in [0.25, 0.3) is 0 Å². The highest BCUT2D eigenvalue weighted by Crippen LogP contribution is 2.48. The monoisotopic (exact) mass is 567 g/mol. The fourth-order valence-corrected chi connectivity index (χ4v) is 4.56. The lowest BCUT2D eigenvalue weighted by Crippen LogP contribution is -2.53. The van der Waals surface area contributed by atoms with Crippen LogP contribution in [0.3, 0.4) is 0 Å². The van der Waals surface area contributed by atoms with Crippen LogP contribution in [0.1, 0.15) is 36.3 Å². The van der Waals surface area contributed by atoms with Gasteiger partial charge in [-0.1, -0.05) is 0 Å². The Kier molecular flexibility index (Phi) is 10.1. The summed E-state index contributed by atoms with van der Waals surface area (Å²) in [6, 6.07) is 4.15. The second kappa shape index (κ2) is 12.4. The van der Waals surface area contributed by atoms with Crippen molar-refractivity contribution in [3.63, 3.8) is 0 Å². The first-order valence-corrected chi connectivity index (χ1v) is 11.4. The van der Waals surface area contributed by atoms with Crippen LogP contribution in [0, 0.1) is 0 Å². The number of hydrogen-bond acceptors (Lipinski definition) is 6. The Labute approximate surface area is 218 Å². The summed E-state index contributed by atoms with van der Waals surface area (Å²) in [6.45, 7) is 2.97. The highest BCUT2D eigenvalue weighted by Gasteiger charge is 2.52. The predicted molar refractivity (Wildman–Crippen MR) is 122 cm³/mol. The Hall–Kier alpha value is -3.69. The van der Waals surface area contributed by atoms with Gasteiger partial charge in [-0.15, -0.1) is 0 Å². The van der Waals surface area contributed by atoms with Crippen LogP contribution in [-0.2, 0) is 28.0 Å². The molecule has 10 nitrogen and oxygen atoms in total. The molecule has 2 aromatic rings. The number of hydrogen-bond donors (Lipinski definition) is 2. The largest absolute Gasteiger partial charge is 0.490 e. The molecule has 1 amide bonds. The molecule has 2 saturated heterocycles. The molecule has 4 heterocycles. The van der Waals surface area contributed by atoms with Crippen molar-refractivity contribution >= 4 is 17.8 Å². The van der Waals surface area contributed by atoms with E-state index in [1.165, 1.54) is 11.1 Å². The van der Waals surface area contributed by atoms with E-state index in [1.807, 2.05) is 42.3 Å². The van der Waals surface area contributed by atoms with Crippen LogP contribution in [0.2, 0.25) is 0 Å². The van der Waals surface area contributed by atoms with Gasteiger partial charge in [0, 0.05) is 64.7 Å². The van der Waals surface area contributed by atoms with Gasteiger partial charge in [0.05, 0.1) is 11.7 Å². The minimum atomic E-state index is -5.08. The number of rotatable bonds is 3. The summed E-state index contributed by atoms with van der Waals surface area (Å²) in [7, 11) is 3.92. The molecule has 2 aliphatic rings. The number of aromatic nitrogens is 3. The topological polar surface area (TPSA) is 129 Å². The molecule has 4 rings (SSSR count). The number of carbonyl (C=O) groups excluding carboxylic acids is 1. The number of alkyl halides is 6. The number of nitrogens with zero attached hydrogens (tertiary/aromatic N) is 5. The standard InChI is InChI=1S/C19H25N5O.2C2HF3O2/c1-22-14-16(12-21-22)17-11-18(25)23(2)19(17)5-9-24(10-6-19)13-15-3-7-20-8-4-15;2*3-2(4,5)1(6)7/h3-4,7-8,12,14,17H,5-6,9-11,13H2,1-2H3;2*(H,6,7). The maximum atomic E-state index is 12.5. The third-order valence-corrected chi connectivity index (χ3v) is 6.56. The van der Waals surface area contributed by atoms with Gasteiger partial charge >= 0.3 is 24.3 Å². The molecule has 39 heavy (non-hydrogen) atoms. The molecule has 0 aromatic carbocycles. The molecule has 216 valence electrons. The van der Waals surface area contributed by atoms with E-state index in [9.17, 15) is 31.1 Å². The summed E-state index contributed by atoms with van der Waals surface area (Å²) in [5.41, 5.74) is 2.43. The van der Waals surface area contributed by atoms with Gasteiger partial charge in [0.25, 0.3) is 0 Å². The molecular weight excluding hydrogens is 540 g/mol. The van der Waals surface area contributed by atoms with E-state index in [2.05, 4.69) is 33.3 Å². The minimum Gasteiger partial charge on any atom is -0.475 e. The lowest BCUT2D eigenvalue weighted by molar-refractivity contribution is -0.193. The Bertz CT molecular complexity index is 1110. The van der Waals surface area contributed by atoms with Crippen molar-refractivity contribution < 1.29 is 50.9 Å². The van der Waals surface area contributed by atoms with Crippen molar-refractivity contribution in [1.29, 1.82) is 0 Å². The van der Waals surface area contributed by atoms with Crippen LogP contribution >= 0.6 is 0 Å². The smallest absolute Gasteiger partial charge is 0.475 e. The average molecular weight is 567 g/mol. The van der Waals surface area contributed by atoms with E-state index >= 15 is 0 Å². The number of halogens is 6. The van der Waals surface area contributed by atoms with Crippen LogP contribution < -0.4 is 0 Å². The zero-order valence-corrected chi connectivity index (χ0v) is 20.9. The van der Waals surface area contributed by atoms with Crippen molar-refractivity contribution in [2.75, 3.05) is 20.1 Å². The van der Waals surface area contributed by atoms with Gasteiger partial charge in [-0.05, 0) is 36.1 Å². The summed E-state index contributed by atoms with van der Waals surface area (Å²) in [5.74, 6) is -5.00. The van der Waals surface area contributed by atoms with Crippen molar-refractivity contribution in [2.24, 2.45) is 7.05 Å². The molecule has 2 aromatic heterocycles. The maximum Gasteiger partial charge on any atom is 0.490 e. The Balaban J connectivity index is 0.000000317. The first-order chi connectivity index (χ1) is 18.0. The lowest BCUT2D eigenvalue weighted by atomic mass is 9.74. The molecule has 0 radical (unpaired) electrons. The van der Waals surface area contributed by atoms with E-state index in [0.29, 0.717) is 6.42 Å². The summed E-state index contributed by atoms with van der Waals surface area (Å²) in [6.07, 6.45) is 0.169. The zero-order valence-electron chi connectivity index (χ0n) is 20.9. The van der Waals surface area contributed by atoms with Crippen LogP contribution in [0.4, 0.5) is 26.3 Å². The van der Waals surface area contributed by atoms with E-state index in [-0.39, 0.29) is 17.4 Å². The van der Waals surface area contributed by atoms with Crippen molar-refractivity contribution in [1.82, 2.24) is 24.6 Å². The normalized spacial score (nSPS) is 19.1. The summed E-state index contributed by atoms with van der Waals surface area (Å²) >= 11 is 0. The number of pyridine rings is 1. The molecular formula is C23H27F6N5O5. The Morgan fingerprint density at radius 1 is 1.00 bits per heavy atom. The van der Waals surface area contributed by atoms with Crippen molar-refractivity contribution in [2.45, 2.75) is 49.6 Å². The third-order valence-electron chi connectivity index (χ3n) is 6.56. The minimum absolute atomic E-state index is 0.0607. The second-order valence-electron chi connectivity index (χ2n) is 9.00. The van der Waals surface area contributed by atoms with Gasteiger partial charge in [-0.2, -0.15) is 31.4 Å². The molecule has 1 atom stereocenters.